The summed E-state index contributed by atoms with van der Waals surface area (Å²) in [4.78, 5) is 29.4. The highest BCUT2D eigenvalue weighted by molar-refractivity contribution is 5.94. The van der Waals surface area contributed by atoms with E-state index in [1.165, 1.54) is 13.3 Å². The summed E-state index contributed by atoms with van der Waals surface area (Å²) in [6.07, 6.45) is 3.84. The van der Waals surface area contributed by atoms with E-state index in [4.69, 9.17) is 14.2 Å². The summed E-state index contributed by atoms with van der Waals surface area (Å²) < 4.78 is 15.6. The van der Waals surface area contributed by atoms with Crippen molar-refractivity contribution in [3.8, 4) is 17.4 Å². The van der Waals surface area contributed by atoms with Gasteiger partial charge in [-0.05, 0) is 37.1 Å². The summed E-state index contributed by atoms with van der Waals surface area (Å²) >= 11 is 0. The Balaban J connectivity index is 1.61. The molecule has 1 aliphatic carbocycles. The topological polar surface area (TPSA) is 98.8 Å². The predicted octanol–water partition coefficient (Wildman–Crippen LogP) is 2.32. The van der Waals surface area contributed by atoms with E-state index in [0.29, 0.717) is 29.5 Å². The highest BCUT2D eigenvalue weighted by Crippen LogP contribution is 2.27. The Hall–Kier alpha value is -3.29. The van der Waals surface area contributed by atoms with Crippen molar-refractivity contribution >= 4 is 11.8 Å². The molecule has 0 unspecified atom stereocenters. The van der Waals surface area contributed by atoms with Crippen LogP contribution in [0.3, 0.4) is 0 Å². The van der Waals surface area contributed by atoms with E-state index in [2.05, 4.69) is 15.6 Å². The van der Waals surface area contributed by atoms with E-state index in [1.54, 1.807) is 32.4 Å². The zero-order valence-electron chi connectivity index (χ0n) is 17.4. The van der Waals surface area contributed by atoms with Crippen molar-refractivity contribution in [3.05, 3.63) is 47.7 Å². The maximum atomic E-state index is 12.8. The summed E-state index contributed by atoms with van der Waals surface area (Å²) in [5, 5.41) is 5.95. The van der Waals surface area contributed by atoms with Crippen LogP contribution in [0.4, 0.5) is 0 Å². The van der Waals surface area contributed by atoms with Gasteiger partial charge >= 0.3 is 0 Å². The smallest absolute Gasteiger partial charge is 0.253 e. The van der Waals surface area contributed by atoms with Crippen molar-refractivity contribution in [1.82, 2.24) is 15.6 Å². The average Bonchev–Trinajstić information content (AvgIpc) is 3.25. The van der Waals surface area contributed by atoms with Gasteiger partial charge in [-0.2, -0.15) is 0 Å². The number of methoxy groups -OCH3 is 3. The fraction of sp³-hybridized carbons (Fsp3) is 0.409. The van der Waals surface area contributed by atoms with Gasteiger partial charge in [0, 0.05) is 30.4 Å². The SMILES string of the molecule is COc1ccc(OC)c(CNC(=O)[C@H]2CCC[C@H]2NC(=O)c2ccc(OC)nc2)c1. The highest BCUT2D eigenvalue weighted by Gasteiger charge is 2.34. The lowest BCUT2D eigenvalue weighted by atomic mass is 10.0. The van der Waals surface area contributed by atoms with Crippen LogP contribution in [-0.2, 0) is 11.3 Å². The lowest BCUT2D eigenvalue weighted by molar-refractivity contribution is -0.125. The third kappa shape index (κ3) is 5.00. The predicted molar refractivity (Wildman–Crippen MR) is 111 cm³/mol. The second-order valence-electron chi connectivity index (χ2n) is 7.10. The van der Waals surface area contributed by atoms with Gasteiger partial charge < -0.3 is 24.8 Å². The Morgan fingerprint density at radius 2 is 1.90 bits per heavy atom. The minimum atomic E-state index is -0.281. The summed E-state index contributed by atoms with van der Waals surface area (Å²) in [6, 6.07) is 8.52. The monoisotopic (exact) mass is 413 g/mol. The largest absolute Gasteiger partial charge is 0.497 e. The van der Waals surface area contributed by atoms with Crippen LogP contribution in [0.5, 0.6) is 17.4 Å². The maximum absolute atomic E-state index is 12.8. The van der Waals surface area contributed by atoms with Gasteiger partial charge in [0.1, 0.15) is 11.5 Å². The molecule has 1 aromatic carbocycles. The number of rotatable bonds is 8. The van der Waals surface area contributed by atoms with Crippen LogP contribution in [0.15, 0.2) is 36.5 Å². The molecule has 2 aromatic rings. The molecule has 2 amide bonds. The first kappa shape index (κ1) is 21.4. The molecule has 0 spiro atoms. The van der Waals surface area contributed by atoms with Crippen molar-refractivity contribution in [2.75, 3.05) is 21.3 Å². The van der Waals surface area contributed by atoms with Crippen LogP contribution < -0.4 is 24.8 Å². The molecule has 1 aliphatic rings. The number of ether oxygens (including phenoxy) is 3. The molecule has 8 nitrogen and oxygen atoms in total. The molecule has 1 fully saturated rings. The van der Waals surface area contributed by atoms with Crippen LogP contribution >= 0.6 is 0 Å². The number of nitrogens with one attached hydrogen (secondary N) is 2. The molecule has 30 heavy (non-hydrogen) atoms. The van der Waals surface area contributed by atoms with Crippen LogP contribution in [0.2, 0.25) is 0 Å². The molecule has 8 heteroatoms. The van der Waals surface area contributed by atoms with Gasteiger partial charge in [-0.3, -0.25) is 9.59 Å². The van der Waals surface area contributed by atoms with Gasteiger partial charge in [0.05, 0.1) is 32.8 Å². The van der Waals surface area contributed by atoms with E-state index in [1.807, 2.05) is 12.1 Å². The molecule has 2 N–H and O–H groups in total. The lowest BCUT2D eigenvalue weighted by Gasteiger charge is -2.21. The van der Waals surface area contributed by atoms with Crippen LogP contribution in [0.25, 0.3) is 0 Å². The van der Waals surface area contributed by atoms with E-state index in [0.717, 1.165) is 24.8 Å². The van der Waals surface area contributed by atoms with Crippen molar-refractivity contribution in [2.24, 2.45) is 5.92 Å². The summed E-state index contributed by atoms with van der Waals surface area (Å²) in [7, 11) is 4.70. The molecule has 0 bridgehead atoms. The van der Waals surface area contributed by atoms with Crippen molar-refractivity contribution in [2.45, 2.75) is 31.8 Å². The minimum absolute atomic E-state index is 0.0875. The van der Waals surface area contributed by atoms with Gasteiger partial charge in [-0.15, -0.1) is 0 Å². The highest BCUT2D eigenvalue weighted by atomic mass is 16.5. The van der Waals surface area contributed by atoms with Gasteiger partial charge in [0.25, 0.3) is 5.91 Å². The zero-order chi connectivity index (χ0) is 21.5. The Morgan fingerprint density at radius 1 is 1.07 bits per heavy atom. The summed E-state index contributed by atoms with van der Waals surface area (Å²) in [6.45, 7) is 0.318. The number of hydrogen-bond acceptors (Lipinski definition) is 6. The molecule has 0 radical (unpaired) electrons. The van der Waals surface area contributed by atoms with Crippen molar-refractivity contribution in [1.29, 1.82) is 0 Å². The fourth-order valence-corrected chi connectivity index (χ4v) is 3.67. The van der Waals surface area contributed by atoms with Crippen LogP contribution in [0.1, 0.15) is 35.2 Å². The van der Waals surface area contributed by atoms with Gasteiger partial charge in [0.15, 0.2) is 0 Å². The number of carbonyl (C=O) groups is 2. The number of aromatic nitrogens is 1. The first-order valence-electron chi connectivity index (χ1n) is 9.85. The van der Waals surface area contributed by atoms with E-state index < -0.39 is 0 Å². The first-order chi connectivity index (χ1) is 14.5. The number of hydrogen-bond donors (Lipinski definition) is 2. The Labute approximate surface area is 175 Å². The molecular weight excluding hydrogens is 386 g/mol. The molecule has 1 saturated carbocycles. The van der Waals surface area contributed by atoms with Crippen molar-refractivity contribution in [3.63, 3.8) is 0 Å². The second kappa shape index (κ2) is 9.96. The second-order valence-corrected chi connectivity index (χ2v) is 7.10. The third-order valence-electron chi connectivity index (χ3n) is 5.32. The first-order valence-corrected chi connectivity index (χ1v) is 9.85. The molecule has 0 saturated heterocycles. The Morgan fingerprint density at radius 3 is 2.57 bits per heavy atom. The summed E-state index contributed by atoms with van der Waals surface area (Å²) in [5.41, 5.74) is 1.26. The molecular formula is C22H27N3O5. The normalized spacial score (nSPS) is 17.8. The van der Waals surface area contributed by atoms with E-state index in [-0.39, 0.29) is 23.8 Å². The molecule has 3 rings (SSSR count). The third-order valence-corrected chi connectivity index (χ3v) is 5.32. The molecule has 0 aliphatic heterocycles. The Bertz CT molecular complexity index is 885. The van der Waals surface area contributed by atoms with Crippen LogP contribution in [0, 0.1) is 5.92 Å². The molecule has 160 valence electrons. The van der Waals surface area contributed by atoms with E-state index >= 15 is 0 Å². The standard InChI is InChI=1S/C22H27N3O5/c1-28-16-8-9-19(29-2)15(11-16)13-24-22(27)17-5-4-6-18(17)25-21(26)14-7-10-20(30-3)23-12-14/h7-12,17-18H,4-6,13H2,1-3H3,(H,24,27)(H,25,26)/t17-,18+/m0/s1. The molecule has 1 aromatic heterocycles. The van der Waals surface area contributed by atoms with Crippen molar-refractivity contribution < 1.29 is 23.8 Å². The number of amides is 2. The quantitative estimate of drug-likeness (QED) is 0.689. The number of pyridine rings is 1. The molecule has 2 atom stereocenters. The van der Waals surface area contributed by atoms with Gasteiger partial charge in [-0.1, -0.05) is 6.42 Å². The lowest BCUT2D eigenvalue weighted by Crippen LogP contribution is -2.43. The van der Waals surface area contributed by atoms with Crippen LogP contribution in [-0.4, -0.2) is 44.2 Å². The van der Waals surface area contributed by atoms with E-state index in [9.17, 15) is 9.59 Å². The number of carbonyl (C=O) groups excluding carboxylic acids is 2. The average molecular weight is 413 g/mol. The maximum Gasteiger partial charge on any atom is 0.253 e. The number of benzene rings is 1. The minimum Gasteiger partial charge on any atom is -0.497 e. The summed E-state index contributed by atoms with van der Waals surface area (Å²) in [5.74, 6) is 1.20. The zero-order valence-corrected chi connectivity index (χ0v) is 17.4. The fourth-order valence-electron chi connectivity index (χ4n) is 3.67. The Kier molecular flexibility index (Phi) is 7.11. The van der Waals surface area contributed by atoms with Gasteiger partial charge in [-0.25, -0.2) is 4.98 Å². The van der Waals surface area contributed by atoms with Gasteiger partial charge in [0.2, 0.25) is 11.8 Å². The molecule has 1 heterocycles. The number of nitrogens with zero attached hydrogens (tertiary/aromatic N) is 1.